The smallest absolute Gasteiger partial charge is 0.413 e. The maximum Gasteiger partial charge on any atom is 0.413 e. The number of carbonyl (C=O) groups is 3. The van der Waals surface area contributed by atoms with Crippen LogP contribution < -0.4 is 21.5 Å². The van der Waals surface area contributed by atoms with Crippen molar-refractivity contribution in [2.75, 3.05) is 10.6 Å². The highest BCUT2D eigenvalue weighted by molar-refractivity contribution is 7.19. The van der Waals surface area contributed by atoms with E-state index in [2.05, 4.69) is 41.3 Å². The number of amides is 3. The normalized spacial score (nSPS) is 14.2. The Hall–Kier alpha value is -5.09. The summed E-state index contributed by atoms with van der Waals surface area (Å²) in [6.45, 7) is 5.45. The Balaban J connectivity index is 1.13. The first-order valence-corrected chi connectivity index (χ1v) is 15.5. The van der Waals surface area contributed by atoms with Crippen molar-refractivity contribution in [3.63, 3.8) is 0 Å². The summed E-state index contributed by atoms with van der Waals surface area (Å²) in [5.41, 5.74) is -0.446. The lowest BCUT2D eigenvalue weighted by Crippen LogP contribution is -2.36. The maximum absolute atomic E-state index is 13.4. The van der Waals surface area contributed by atoms with E-state index in [1.165, 1.54) is 22.1 Å². The van der Waals surface area contributed by atoms with Gasteiger partial charge in [0.25, 0.3) is 11.5 Å². The predicted molar refractivity (Wildman–Crippen MR) is 168 cm³/mol. The van der Waals surface area contributed by atoms with Crippen LogP contribution in [0.3, 0.4) is 0 Å². The average Bonchev–Trinajstić information content (AvgIpc) is 3.76. The minimum Gasteiger partial charge on any atom is -0.444 e. The van der Waals surface area contributed by atoms with Crippen LogP contribution in [0.2, 0.25) is 0 Å². The third-order valence-corrected chi connectivity index (χ3v) is 8.71. The van der Waals surface area contributed by atoms with Gasteiger partial charge >= 0.3 is 6.09 Å². The van der Waals surface area contributed by atoms with Gasteiger partial charge in [-0.25, -0.2) is 9.78 Å². The zero-order valence-corrected chi connectivity index (χ0v) is 26.0. The molecule has 16 heteroatoms. The first kappa shape index (κ1) is 30.0. The minimum atomic E-state index is -0.801. The summed E-state index contributed by atoms with van der Waals surface area (Å²) in [5.74, 6) is -0.254. The van der Waals surface area contributed by atoms with E-state index in [1.54, 1.807) is 27.0 Å². The zero-order valence-electron chi connectivity index (χ0n) is 24.4. The average molecular weight is 646 g/mol. The van der Waals surface area contributed by atoms with Crippen molar-refractivity contribution in [3.05, 3.63) is 74.9 Å². The molecular weight excluding hydrogens is 619 g/mol. The van der Waals surface area contributed by atoms with Gasteiger partial charge in [0.2, 0.25) is 10.9 Å². The molecule has 6 rings (SSSR count). The lowest BCUT2D eigenvalue weighted by Gasteiger charge is -2.19. The summed E-state index contributed by atoms with van der Waals surface area (Å²) >= 11 is 2.48. The predicted octanol–water partition coefficient (Wildman–Crippen LogP) is 4.17. The van der Waals surface area contributed by atoms with Gasteiger partial charge in [0, 0.05) is 22.2 Å². The van der Waals surface area contributed by atoms with E-state index in [-0.39, 0.29) is 29.0 Å². The van der Waals surface area contributed by atoms with Gasteiger partial charge in [-0.05, 0) is 33.3 Å². The van der Waals surface area contributed by atoms with Crippen molar-refractivity contribution in [2.45, 2.75) is 51.8 Å². The van der Waals surface area contributed by atoms with E-state index in [0.717, 1.165) is 26.5 Å². The van der Waals surface area contributed by atoms with Crippen molar-refractivity contribution in [2.24, 2.45) is 0 Å². The van der Waals surface area contributed by atoms with Gasteiger partial charge in [0.15, 0.2) is 5.82 Å². The Morgan fingerprint density at radius 1 is 1.04 bits per heavy atom. The molecule has 0 bridgehead atoms. The zero-order chi connectivity index (χ0) is 31.7. The molecule has 4 aromatic heterocycles. The van der Waals surface area contributed by atoms with Gasteiger partial charge in [-0.15, -0.1) is 26.6 Å². The number of carbonyl (C=O) groups excluding carboxylic acids is 3. The fraction of sp³-hybridized carbons (Fsp3) is 0.276. The third-order valence-electron chi connectivity index (χ3n) is 6.67. The molecule has 45 heavy (non-hydrogen) atoms. The van der Waals surface area contributed by atoms with Crippen LogP contribution in [-0.4, -0.2) is 53.5 Å². The molecule has 230 valence electrons. The second-order valence-electron chi connectivity index (χ2n) is 11.1. The molecule has 1 atom stereocenters. The minimum absolute atomic E-state index is 0.0607. The topological polar surface area (TPSA) is 183 Å². The van der Waals surface area contributed by atoms with E-state index in [0.29, 0.717) is 29.1 Å². The van der Waals surface area contributed by atoms with Crippen LogP contribution in [-0.2, 0) is 22.5 Å². The summed E-state index contributed by atoms with van der Waals surface area (Å²) in [6.07, 6.45) is 3.03. The van der Waals surface area contributed by atoms with Gasteiger partial charge in [0.05, 0.1) is 23.6 Å². The number of aryl methyl sites for hydroxylation is 1. The van der Waals surface area contributed by atoms with Gasteiger partial charge in [-0.2, -0.15) is 5.10 Å². The SMILES string of the molecule is CC(C)(C)OC(=O)Nc1nncc2sc(CNC(=O)[C@@H]3CCc4ncc(NC(=O)c5nnc(-c6ccccc6)s5)c(=O)n43)cc12. The molecule has 3 amide bonds. The molecular formula is C29H27N9O5S2. The second kappa shape index (κ2) is 12.1. The largest absolute Gasteiger partial charge is 0.444 e. The highest BCUT2D eigenvalue weighted by Gasteiger charge is 2.31. The molecule has 0 spiro atoms. The first-order chi connectivity index (χ1) is 21.6. The van der Waals surface area contributed by atoms with Crippen LogP contribution in [0, 0.1) is 0 Å². The van der Waals surface area contributed by atoms with Crippen molar-refractivity contribution in [1.29, 1.82) is 0 Å². The van der Waals surface area contributed by atoms with E-state index in [9.17, 15) is 19.2 Å². The van der Waals surface area contributed by atoms with Crippen LogP contribution in [0.4, 0.5) is 16.3 Å². The van der Waals surface area contributed by atoms with Gasteiger partial charge in [-0.1, -0.05) is 41.7 Å². The van der Waals surface area contributed by atoms with Crippen molar-refractivity contribution in [1.82, 2.24) is 35.3 Å². The molecule has 14 nitrogen and oxygen atoms in total. The summed E-state index contributed by atoms with van der Waals surface area (Å²) in [4.78, 5) is 57.0. The second-order valence-corrected chi connectivity index (χ2v) is 13.2. The maximum atomic E-state index is 13.4. The number of ether oxygens (including phenoxy) is 1. The lowest BCUT2D eigenvalue weighted by atomic mass is 10.2. The number of benzene rings is 1. The highest BCUT2D eigenvalue weighted by atomic mass is 32.1. The number of aromatic nitrogens is 6. The van der Waals surface area contributed by atoms with Gasteiger partial charge in [-0.3, -0.25) is 24.3 Å². The number of rotatable bonds is 7. The molecule has 5 aromatic rings. The van der Waals surface area contributed by atoms with Crippen molar-refractivity contribution in [3.8, 4) is 10.6 Å². The van der Waals surface area contributed by atoms with Crippen LogP contribution >= 0.6 is 22.7 Å². The van der Waals surface area contributed by atoms with Gasteiger partial charge in [0.1, 0.15) is 28.2 Å². The lowest BCUT2D eigenvalue weighted by molar-refractivity contribution is -0.124. The number of nitrogens with zero attached hydrogens (tertiary/aromatic N) is 6. The molecule has 3 N–H and O–H groups in total. The fourth-order valence-electron chi connectivity index (χ4n) is 4.73. The molecule has 0 fully saturated rings. The quantitative estimate of drug-likeness (QED) is 0.232. The molecule has 1 aliphatic heterocycles. The number of nitrogens with one attached hydrogen (secondary N) is 3. The van der Waals surface area contributed by atoms with Crippen LogP contribution in [0.25, 0.3) is 20.7 Å². The summed E-state index contributed by atoms with van der Waals surface area (Å²) in [5, 5.41) is 25.4. The molecule has 1 aliphatic rings. The number of fused-ring (bicyclic) bond motifs is 2. The monoisotopic (exact) mass is 645 g/mol. The fourth-order valence-corrected chi connectivity index (χ4v) is 6.44. The van der Waals surface area contributed by atoms with Crippen molar-refractivity contribution >= 4 is 62.2 Å². The van der Waals surface area contributed by atoms with Crippen LogP contribution in [0.1, 0.15) is 53.7 Å². The molecule has 0 unspecified atom stereocenters. The Bertz CT molecular complexity index is 1980. The molecule has 0 radical (unpaired) electrons. The number of thiophene rings is 1. The highest BCUT2D eigenvalue weighted by Crippen LogP contribution is 2.30. The van der Waals surface area contributed by atoms with E-state index >= 15 is 0 Å². The summed E-state index contributed by atoms with van der Waals surface area (Å²) < 4.78 is 7.39. The number of hydrogen-bond acceptors (Lipinski definition) is 12. The standard InChI is InChI=1S/C29H27N9O5S2/c1-29(2,3)43-28(42)34-22-17-11-16(44-20(17)14-32-35-22)12-31-23(39)19-9-10-21-30-13-18(27(41)38(19)21)33-24(40)26-37-36-25(45-26)15-7-5-4-6-8-15/h4-8,11,13-14,19H,9-10,12H2,1-3H3,(H,31,39)(H,33,40)(H,34,35,42)/t19-/m0/s1. The third kappa shape index (κ3) is 6.56. The van der Waals surface area contributed by atoms with Crippen LogP contribution in [0.15, 0.2) is 53.6 Å². The van der Waals surface area contributed by atoms with Gasteiger partial charge < -0.3 is 15.4 Å². The Labute approximate surface area is 263 Å². The molecule has 0 saturated heterocycles. The first-order valence-electron chi connectivity index (χ1n) is 13.9. The molecule has 0 aliphatic carbocycles. The Morgan fingerprint density at radius 3 is 2.62 bits per heavy atom. The van der Waals surface area contributed by atoms with E-state index < -0.39 is 29.2 Å². The molecule has 1 aromatic carbocycles. The van der Waals surface area contributed by atoms with Crippen molar-refractivity contribution < 1.29 is 19.1 Å². The molecule has 0 saturated carbocycles. The Morgan fingerprint density at radius 2 is 1.84 bits per heavy atom. The number of anilines is 2. The summed E-state index contributed by atoms with van der Waals surface area (Å²) in [6, 6.07) is 10.3. The Kier molecular flexibility index (Phi) is 8.07. The van der Waals surface area contributed by atoms with E-state index in [1.807, 2.05) is 36.4 Å². The van der Waals surface area contributed by atoms with E-state index in [4.69, 9.17) is 4.74 Å². The number of hydrogen-bond donors (Lipinski definition) is 3. The summed E-state index contributed by atoms with van der Waals surface area (Å²) in [7, 11) is 0. The van der Waals surface area contributed by atoms with Crippen LogP contribution in [0.5, 0.6) is 0 Å². The molecule has 5 heterocycles.